The second kappa shape index (κ2) is 8.65. The van der Waals surface area contributed by atoms with Gasteiger partial charge in [-0.25, -0.2) is 0 Å². The van der Waals surface area contributed by atoms with Gasteiger partial charge in [0.25, 0.3) is 0 Å². The van der Waals surface area contributed by atoms with E-state index in [9.17, 15) is 14.4 Å². The molecule has 0 aromatic heterocycles. The third kappa shape index (κ3) is 4.50. The largest absolute Gasteiger partial charge is 0.350 e. The fraction of sp³-hybridized carbons (Fsp3) is 0.450. The average Bonchev–Trinajstić information content (AvgIpc) is 3.06. The molecule has 6 nitrogen and oxygen atoms in total. The molecule has 0 bridgehead atoms. The Labute approximate surface area is 154 Å². The molecular weight excluding hydrogens is 330 g/mol. The van der Waals surface area contributed by atoms with Crippen LogP contribution in [0.15, 0.2) is 35.9 Å². The lowest BCUT2D eigenvalue weighted by Gasteiger charge is -2.30. The second-order valence-electron chi connectivity index (χ2n) is 7.02. The topological polar surface area (TPSA) is 69.7 Å². The van der Waals surface area contributed by atoms with Crippen LogP contribution in [0.1, 0.15) is 31.9 Å². The highest BCUT2D eigenvalue weighted by molar-refractivity contribution is 5.93. The zero-order valence-corrected chi connectivity index (χ0v) is 15.9. The number of amides is 3. The Balaban J connectivity index is 2.10. The van der Waals surface area contributed by atoms with Crippen LogP contribution in [0.2, 0.25) is 0 Å². The quantitative estimate of drug-likeness (QED) is 0.596. The minimum Gasteiger partial charge on any atom is -0.350 e. The van der Waals surface area contributed by atoms with Gasteiger partial charge in [-0.1, -0.05) is 44.2 Å². The van der Waals surface area contributed by atoms with Gasteiger partial charge in [-0.3, -0.25) is 14.4 Å². The minimum absolute atomic E-state index is 0.0151. The maximum Gasteiger partial charge on any atom is 0.249 e. The molecule has 0 saturated heterocycles. The van der Waals surface area contributed by atoms with E-state index >= 15 is 0 Å². The molecule has 1 atom stereocenters. The van der Waals surface area contributed by atoms with Gasteiger partial charge in [-0.05, 0) is 24.0 Å². The summed E-state index contributed by atoms with van der Waals surface area (Å²) in [4.78, 5) is 38.8. The summed E-state index contributed by atoms with van der Waals surface area (Å²) in [6, 6.07) is 7.84. The lowest BCUT2D eigenvalue weighted by atomic mass is 9.99. The van der Waals surface area contributed by atoms with Crippen LogP contribution in [0.4, 0.5) is 0 Å². The van der Waals surface area contributed by atoms with E-state index < -0.39 is 0 Å². The van der Waals surface area contributed by atoms with Crippen LogP contribution in [0.25, 0.3) is 0 Å². The van der Waals surface area contributed by atoms with Crippen molar-refractivity contribution in [2.45, 2.75) is 39.9 Å². The summed E-state index contributed by atoms with van der Waals surface area (Å²) in [5, 5.41) is 2.39. The van der Waals surface area contributed by atoms with Gasteiger partial charge >= 0.3 is 0 Å². The van der Waals surface area contributed by atoms with E-state index in [0.717, 1.165) is 0 Å². The normalized spacial score (nSPS) is 14.8. The molecule has 0 spiro atoms. The molecule has 0 saturated carbocycles. The summed E-state index contributed by atoms with van der Waals surface area (Å²) in [6.07, 6.45) is 2.36. The van der Waals surface area contributed by atoms with Crippen molar-refractivity contribution in [2.75, 3.05) is 13.6 Å². The Bertz CT molecular complexity index is 687. The average molecular weight is 357 g/mol. The van der Waals surface area contributed by atoms with Crippen LogP contribution in [-0.2, 0) is 27.5 Å². The number of fused-ring (bicyclic) bond motifs is 1. The van der Waals surface area contributed by atoms with Gasteiger partial charge in [-0.2, -0.15) is 0 Å². The molecule has 1 N–H and O–H groups in total. The molecule has 1 heterocycles. The summed E-state index contributed by atoms with van der Waals surface area (Å²) in [5.41, 5.74) is 2.99. The van der Waals surface area contributed by atoms with E-state index in [1.807, 2.05) is 49.1 Å². The predicted octanol–water partition coefficient (Wildman–Crippen LogP) is 1.70. The van der Waals surface area contributed by atoms with Crippen molar-refractivity contribution >= 4 is 18.2 Å². The SMILES string of the molecule is C/C(=C\[C@H](C(C)C)N(C)C(=O)CNC=O)C(=O)N1Cc2ccccc2C1. The molecule has 0 fully saturated rings. The first kappa shape index (κ1) is 19.7. The van der Waals surface area contributed by atoms with Gasteiger partial charge in [-0.15, -0.1) is 0 Å². The predicted molar refractivity (Wildman–Crippen MR) is 99.9 cm³/mol. The monoisotopic (exact) mass is 357 g/mol. The highest BCUT2D eigenvalue weighted by Gasteiger charge is 2.26. The number of carbonyl (C=O) groups excluding carboxylic acids is 3. The maximum atomic E-state index is 12.8. The van der Waals surface area contributed by atoms with Crippen molar-refractivity contribution in [2.24, 2.45) is 5.92 Å². The van der Waals surface area contributed by atoms with Crippen LogP contribution in [0, 0.1) is 5.92 Å². The molecule has 140 valence electrons. The Morgan fingerprint density at radius 1 is 1.23 bits per heavy atom. The number of rotatable bonds is 7. The van der Waals surface area contributed by atoms with Gasteiger partial charge in [0, 0.05) is 25.7 Å². The van der Waals surface area contributed by atoms with Crippen molar-refractivity contribution in [3.63, 3.8) is 0 Å². The second-order valence-corrected chi connectivity index (χ2v) is 7.02. The first-order valence-electron chi connectivity index (χ1n) is 8.82. The number of carbonyl (C=O) groups is 3. The van der Waals surface area contributed by atoms with Gasteiger partial charge in [0.15, 0.2) is 0 Å². The fourth-order valence-electron chi connectivity index (χ4n) is 3.22. The molecule has 1 aromatic rings. The van der Waals surface area contributed by atoms with Gasteiger partial charge in [0.05, 0.1) is 12.6 Å². The van der Waals surface area contributed by atoms with Crippen LogP contribution in [-0.4, -0.2) is 47.7 Å². The van der Waals surface area contributed by atoms with E-state index in [2.05, 4.69) is 5.32 Å². The third-order valence-electron chi connectivity index (χ3n) is 4.75. The zero-order valence-electron chi connectivity index (χ0n) is 15.9. The van der Waals surface area contributed by atoms with Crippen molar-refractivity contribution < 1.29 is 14.4 Å². The summed E-state index contributed by atoms with van der Waals surface area (Å²) >= 11 is 0. The summed E-state index contributed by atoms with van der Waals surface area (Å²) in [5.74, 6) is -0.0710. The van der Waals surface area contributed by atoms with E-state index in [-0.39, 0.29) is 30.3 Å². The fourth-order valence-corrected chi connectivity index (χ4v) is 3.22. The number of benzene rings is 1. The first-order chi connectivity index (χ1) is 12.3. The molecule has 6 heteroatoms. The third-order valence-corrected chi connectivity index (χ3v) is 4.75. The molecule has 26 heavy (non-hydrogen) atoms. The Morgan fingerprint density at radius 2 is 1.81 bits per heavy atom. The van der Waals surface area contributed by atoms with Crippen molar-refractivity contribution in [3.05, 3.63) is 47.0 Å². The summed E-state index contributed by atoms with van der Waals surface area (Å²) in [6.45, 7) is 6.98. The number of likely N-dealkylation sites (N-methyl/N-ethyl adjacent to an activating group) is 1. The lowest BCUT2D eigenvalue weighted by molar-refractivity contribution is -0.132. The molecule has 3 amide bonds. The number of nitrogens with zero attached hydrogens (tertiary/aromatic N) is 2. The van der Waals surface area contributed by atoms with E-state index in [0.29, 0.717) is 25.1 Å². The summed E-state index contributed by atoms with van der Waals surface area (Å²) in [7, 11) is 1.69. The molecule has 1 aliphatic heterocycles. The Kier molecular flexibility index (Phi) is 6.55. The molecule has 1 aromatic carbocycles. The van der Waals surface area contributed by atoms with Crippen LogP contribution in [0.5, 0.6) is 0 Å². The molecule has 0 radical (unpaired) electrons. The van der Waals surface area contributed by atoms with Gasteiger partial charge in [0.2, 0.25) is 18.2 Å². The Morgan fingerprint density at radius 3 is 2.31 bits per heavy atom. The van der Waals surface area contributed by atoms with E-state index in [4.69, 9.17) is 0 Å². The lowest BCUT2D eigenvalue weighted by Crippen LogP contribution is -2.43. The van der Waals surface area contributed by atoms with Crippen molar-refractivity contribution in [1.82, 2.24) is 15.1 Å². The van der Waals surface area contributed by atoms with Crippen LogP contribution < -0.4 is 5.32 Å². The minimum atomic E-state index is -0.218. The first-order valence-corrected chi connectivity index (χ1v) is 8.82. The van der Waals surface area contributed by atoms with Crippen LogP contribution in [0.3, 0.4) is 0 Å². The highest BCUT2D eigenvalue weighted by atomic mass is 16.2. The van der Waals surface area contributed by atoms with E-state index in [1.54, 1.807) is 18.9 Å². The standard InChI is InChI=1S/C20H27N3O3/c1-14(2)18(22(4)19(25)10-21-13-24)9-15(3)20(26)23-11-16-7-5-6-8-17(16)12-23/h5-9,13-14,18H,10-12H2,1-4H3,(H,21,24)/b15-9+/t18-/m1/s1. The number of hydrogen-bond acceptors (Lipinski definition) is 3. The van der Waals surface area contributed by atoms with Crippen LogP contribution >= 0.6 is 0 Å². The number of nitrogens with one attached hydrogen (secondary N) is 1. The van der Waals surface area contributed by atoms with Gasteiger partial charge < -0.3 is 15.1 Å². The van der Waals surface area contributed by atoms with Crippen molar-refractivity contribution in [1.29, 1.82) is 0 Å². The molecular formula is C20H27N3O3. The highest BCUT2D eigenvalue weighted by Crippen LogP contribution is 2.24. The molecule has 0 unspecified atom stereocenters. The number of hydrogen-bond donors (Lipinski definition) is 1. The maximum absolute atomic E-state index is 12.8. The Hall–Kier alpha value is -2.63. The van der Waals surface area contributed by atoms with Crippen molar-refractivity contribution in [3.8, 4) is 0 Å². The molecule has 1 aliphatic rings. The zero-order chi connectivity index (χ0) is 19.3. The summed E-state index contributed by atoms with van der Waals surface area (Å²) < 4.78 is 0. The molecule has 0 aliphatic carbocycles. The smallest absolute Gasteiger partial charge is 0.249 e. The van der Waals surface area contributed by atoms with E-state index in [1.165, 1.54) is 11.1 Å². The van der Waals surface area contributed by atoms with Gasteiger partial charge in [0.1, 0.15) is 0 Å². The molecule has 2 rings (SSSR count).